The van der Waals surface area contributed by atoms with Crippen LogP contribution in [0.5, 0.6) is 0 Å². The van der Waals surface area contributed by atoms with Gasteiger partial charge in [0, 0.05) is 33.3 Å². The number of anilines is 3. The van der Waals surface area contributed by atoms with Crippen LogP contribution >= 0.6 is 0 Å². The molecule has 0 amide bonds. The van der Waals surface area contributed by atoms with E-state index in [4.69, 9.17) is 0 Å². The molecule has 0 fully saturated rings. The molecule has 0 radical (unpaired) electrons. The normalized spacial score (nSPS) is 13.0. The fourth-order valence-corrected chi connectivity index (χ4v) is 14.0. The Morgan fingerprint density at radius 3 is 1.46 bits per heavy atom. The van der Waals surface area contributed by atoms with Gasteiger partial charge in [-0.2, -0.15) is 0 Å². The minimum atomic E-state index is -0.571. The Morgan fingerprint density at radius 1 is 0.301 bits per heavy atom. The van der Waals surface area contributed by atoms with Crippen molar-refractivity contribution < 1.29 is 0 Å². The summed E-state index contributed by atoms with van der Waals surface area (Å²) in [5.41, 5.74) is 28.8. The molecule has 12 aromatic carbocycles. The molecule has 1 spiro atoms. The number of benzene rings is 12. The molecule has 1 heterocycles. The van der Waals surface area contributed by atoms with Crippen LogP contribution in [0.25, 0.3) is 94.3 Å². The average Bonchev–Trinajstić information content (AvgIpc) is 1.89. The summed E-state index contributed by atoms with van der Waals surface area (Å²) >= 11 is 0. The topological polar surface area (TPSA) is 8.17 Å². The Hall–Kier alpha value is -9.76. The third-order valence-electron chi connectivity index (χ3n) is 18.0. The number of rotatable bonds is 8. The second kappa shape index (κ2) is 19.2. The maximum atomic E-state index is 2.57. The van der Waals surface area contributed by atoms with Gasteiger partial charge in [-0.3, -0.25) is 0 Å². The molecule has 13 aromatic rings. The molecular weight excluding hydrogens is 1000 g/mol. The van der Waals surface area contributed by atoms with Gasteiger partial charge in [0.05, 0.1) is 27.8 Å². The standard InChI is InChI=1S/C81H64N2/c1-79(2,3)56-43-48-64-65-49-44-57(80(4,5)6)52-73(65)81(72(64)51-56)70-35-20-17-34-69(70)78-71(81)36-23-39-76(78)82(74-37-21-18-32-66(74)63-31-16-15-30-62(63)61-29-14-13-28-60(61)54-24-9-7-10-25-54)59-45-40-53(41-46-59)55-42-47-68-67-33-19-22-38-75(67)83(77(68)50-55)58-26-11-8-12-27-58/h7-52H,1-6H3. The highest BCUT2D eigenvalue weighted by atomic mass is 15.1. The van der Waals surface area contributed by atoms with Gasteiger partial charge in [0.1, 0.15) is 0 Å². The van der Waals surface area contributed by atoms with Crippen LogP contribution in [0.15, 0.2) is 279 Å². The van der Waals surface area contributed by atoms with Gasteiger partial charge in [-0.1, -0.05) is 272 Å². The third-order valence-corrected chi connectivity index (χ3v) is 18.0. The Balaban J connectivity index is 0.978. The van der Waals surface area contributed by atoms with Gasteiger partial charge >= 0.3 is 0 Å². The van der Waals surface area contributed by atoms with E-state index in [9.17, 15) is 0 Å². The quantitative estimate of drug-likeness (QED) is 0.147. The summed E-state index contributed by atoms with van der Waals surface area (Å²) < 4.78 is 2.41. The van der Waals surface area contributed by atoms with Crippen molar-refractivity contribution >= 4 is 38.9 Å². The van der Waals surface area contributed by atoms with E-state index in [0.717, 1.165) is 33.9 Å². The summed E-state index contributed by atoms with van der Waals surface area (Å²) in [6.07, 6.45) is 0. The molecule has 0 bridgehead atoms. The Bertz CT molecular complexity index is 4610. The van der Waals surface area contributed by atoms with Crippen LogP contribution in [0, 0.1) is 0 Å². The maximum absolute atomic E-state index is 2.57. The highest BCUT2D eigenvalue weighted by molar-refractivity contribution is 6.10. The first-order valence-electron chi connectivity index (χ1n) is 29.3. The number of hydrogen-bond acceptors (Lipinski definition) is 1. The number of para-hydroxylation sites is 3. The molecule has 2 heteroatoms. The molecule has 0 N–H and O–H groups in total. The van der Waals surface area contributed by atoms with Crippen molar-refractivity contribution in [3.05, 3.63) is 312 Å². The van der Waals surface area contributed by atoms with Crippen molar-refractivity contribution in [2.45, 2.75) is 57.8 Å². The monoisotopic (exact) mass is 1060 g/mol. The molecule has 0 saturated carbocycles. The van der Waals surface area contributed by atoms with Crippen LogP contribution < -0.4 is 4.90 Å². The van der Waals surface area contributed by atoms with E-state index in [1.165, 1.54) is 111 Å². The van der Waals surface area contributed by atoms with Crippen molar-refractivity contribution in [1.82, 2.24) is 4.57 Å². The SMILES string of the molecule is CC(C)(C)c1ccc2c(c1)C1(c3cc(C(C)(C)C)ccc3-2)c2ccccc2-c2c(N(c3ccc(-c4ccc5c6ccccc6n(-c6ccccc6)c5c4)cc3)c3ccccc3-c3ccccc3-c3ccccc3-c3ccccc3)cccc21. The fourth-order valence-electron chi connectivity index (χ4n) is 14.0. The van der Waals surface area contributed by atoms with Crippen LogP contribution in [0.3, 0.4) is 0 Å². The first kappa shape index (κ1) is 50.2. The summed E-state index contributed by atoms with van der Waals surface area (Å²) in [6.45, 7) is 14.1. The summed E-state index contributed by atoms with van der Waals surface area (Å²) in [4.78, 5) is 2.57. The lowest BCUT2D eigenvalue weighted by Crippen LogP contribution is -2.27. The number of hydrogen-bond donors (Lipinski definition) is 0. The number of fused-ring (bicyclic) bond motifs is 13. The van der Waals surface area contributed by atoms with E-state index in [1.807, 2.05) is 0 Å². The second-order valence-corrected chi connectivity index (χ2v) is 24.8. The Labute approximate surface area is 488 Å². The van der Waals surface area contributed by atoms with Gasteiger partial charge in [-0.15, -0.1) is 0 Å². The van der Waals surface area contributed by atoms with E-state index in [-0.39, 0.29) is 10.8 Å². The lowest BCUT2D eigenvalue weighted by Gasteiger charge is -2.34. The van der Waals surface area contributed by atoms with Crippen LogP contribution in [-0.2, 0) is 16.2 Å². The van der Waals surface area contributed by atoms with Gasteiger partial charge in [0.15, 0.2) is 0 Å². The van der Waals surface area contributed by atoms with Crippen molar-refractivity contribution in [3.8, 4) is 72.4 Å². The molecule has 2 aliphatic carbocycles. The van der Waals surface area contributed by atoms with Crippen molar-refractivity contribution in [2.75, 3.05) is 4.90 Å². The lowest BCUT2D eigenvalue weighted by molar-refractivity contribution is 0.586. The molecule has 0 saturated heterocycles. The summed E-state index contributed by atoms with van der Waals surface area (Å²) in [6, 6.07) is 105. The fraction of sp³-hybridized carbons (Fsp3) is 0.111. The lowest BCUT2D eigenvalue weighted by atomic mass is 9.69. The molecule has 398 valence electrons. The highest BCUT2D eigenvalue weighted by Gasteiger charge is 2.53. The number of aromatic nitrogens is 1. The molecule has 0 unspecified atom stereocenters. The molecule has 0 aliphatic heterocycles. The van der Waals surface area contributed by atoms with Crippen LogP contribution in [0.4, 0.5) is 17.1 Å². The molecule has 1 aromatic heterocycles. The predicted molar refractivity (Wildman–Crippen MR) is 351 cm³/mol. The van der Waals surface area contributed by atoms with Crippen molar-refractivity contribution in [3.63, 3.8) is 0 Å². The zero-order valence-corrected chi connectivity index (χ0v) is 48.0. The van der Waals surface area contributed by atoms with Crippen molar-refractivity contribution in [1.29, 1.82) is 0 Å². The largest absolute Gasteiger partial charge is 0.309 e. The first-order valence-corrected chi connectivity index (χ1v) is 29.3. The van der Waals surface area contributed by atoms with Gasteiger partial charge in [-0.05, 0) is 148 Å². The number of nitrogens with zero attached hydrogens (tertiary/aromatic N) is 2. The van der Waals surface area contributed by atoms with Gasteiger partial charge in [-0.25, -0.2) is 0 Å². The molecule has 0 atom stereocenters. The van der Waals surface area contributed by atoms with Crippen LogP contribution in [-0.4, -0.2) is 4.57 Å². The minimum Gasteiger partial charge on any atom is -0.309 e. The van der Waals surface area contributed by atoms with Gasteiger partial charge < -0.3 is 9.47 Å². The maximum Gasteiger partial charge on any atom is 0.0726 e. The Morgan fingerprint density at radius 2 is 0.795 bits per heavy atom. The van der Waals surface area contributed by atoms with E-state index in [0.29, 0.717) is 0 Å². The van der Waals surface area contributed by atoms with Gasteiger partial charge in [0.2, 0.25) is 0 Å². The smallest absolute Gasteiger partial charge is 0.0726 e. The van der Waals surface area contributed by atoms with Crippen LogP contribution in [0.1, 0.15) is 74.9 Å². The minimum absolute atomic E-state index is 0.0546. The van der Waals surface area contributed by atoms with Crippen LogP contribution in [0.2, 0.25) is 0 Å². The van der Waals surface area contributed by atoms with E-state index >= 15 is 0 Å². The zero-order chi connectivity index (χ0) is 56.2. The highest BCUT2D eigenvalue weighted by Crippen LogP contribution is 2.66. The van der Waals surface area contributed by atoms with E-state index in [2.05, 4.69) is 330 Å². The summed E-state index contributed by atoms with van der Waals surface area (Å²) in [7, 11) is 0. The van der Waals surface area contributed by atoms with Gasteiger partial charge in [0.25, 0.3) is 0 Å². The first-order chi connectivity index (χ1) is 40.5. The third kappa shape index (κ3) is 7.91. The second-order valence-electron chi connectivity index (χ2n) is 24.8. The van der Waals surface area contributed by atoms with Crippen molar-refractivity contribution in [2.24, 2.45) is 0 Å². The molecule has 2 nitrogen and oxygen atoms in total. The average molecular weight is 1070 g/mol. The summed E-state index contributed by atoms with van der Waals surface area (Å²) in [5, 5.41) is 2.49. The zero-order valence-electron chi connectivity index (χ0n) is 48.0. The van der Waals surface area contributed by atoms with E-state index < -0.39 is 5.41 Å². The molecule has 2 aliphatic rings. The summed E-state index contributed by atoms with van der Waals surface area (Å²) in [5.74, 6) is 0. The Kier molecular flexibility index (Phi) is 11.6. The molecule has 83 heavy (non-hydrogen) atoms. The van der Waals surface area contributed by atoms with E-state index in [1.54, 1.807) is 0 Å². The molecular formula is C81H64N2. The molecule has 15 rings (SSSR count). The predicted octanol–water partition coefficient (Wildman–Crippen LogP) is 21.9.